The molecular weight excluding hydrogens is 649 g/mol. The van der Waals surface area contributed by atoms with E-state index in [-0.39, 0.29) is 0 Å². The molecule has 0 saturated carbocycles. The first kappa shape index (κ1) is 29.5. The van der Waals surface area contributed by atoms with Crippen molar-refractivity contribution in [2.45, 2.75) is 0 Å². The third-order valence-electron chi connectivity index (χ3n) is 10.4. The molecule has 5 heteroatoms. The molecule has 0 unspecified atom stereocenters. The number of furan rings is 1. The highest BCUT2D eigenvalue weighted by molar-refractivity contribution is 6.18. The SMILES string of the molecule is c1ccc(-n2nc3ccc4ccc5cc(-c6ccc(N(c7ccc8ccccc8c7)c7ccc8c(c7)oc7ccccc78)cc6)ccc5c4c3n2)cc1. The molecule has 11 rings (SSSR count). The van der Waals surface area contributed by atoms with Crippen molar-refractivity contribution in [2.75, 3.05) is 4.90 Å². The molecule has 0 radical (unpaired) electrons. The summed E-state index contributed by atoms with van der Waals surface area (Å²) in [4.78, 5) is 4.04. The molecule has 0 saturated heterocycles. The number of para-hydroxylation sites is 2. The summed E-state index contributed by atoms with van der Waals surface area (Å²) in [5.74, 6) is 0. The van der Waals surface area contributed by atoms with E-state index in [9.17, 15) is 0 Å². The van der Waals surface area contributed by atoms with E-state index >= 15 is 0 Å². The Balaban J connectivity index is 1.00. The van der Waals surface area contributed by atoms with Gasteiger partial charge in [0.15, 0.2) is 0 Å². The van der Waals surface area contributed by atoms with E-state index in [1.807, 2.05) is 42.5 Å². The largest absolute Gasteiger partial charge is 0.456 e. The van der Waals surface area contributed by atoms with Gasteiger partial charge in [0.05, 0.1) is 5.69 Å². The summed E-state index contributed by atoms with van der Waals surface area (Å²) >= 11 is 0. The Morgan fingerprint density at radius 2 is 1.08 bits per heavy atom. The zero-order valence-electron chi connectivity index (χ0n) is 28.5. The maximum atomic E-state index is 6.33. The molecule has 0 spiro atoms. The molecule has 0 fully saturated rings. The Morgan fingerprint density at radius 1 is 0.415 bits per heavy atom. The Hall–Kier alpha value is -7.24. The van der Waals surface area contributed by atoms with E-state index in [0.29, 0.717) is 0 Å². The van der Waals surface area contributed by atoms with Gasteiger partial charge in [-0.3, -0.25) is 0 Å². The zero-order valence-corrected chi connectivity index (χ0v) is 28.5. The van der Waals surface area contributed by atoms with Crippen LogP contribution in [0, 0.1) is 0 Å². The van der Waals surface area contributed by atoms with Crippen LogP contribution in [-0.4, -0.2) is 15.0 Å². The van der Waals surface area contributed by atoms with Crippen LogP contribution in [0.5, 0.6) is 0 Å². The summed E-state index contributed by atoms with van der Waals surface area (Å²) in [6.45, 7) is 0. The number of aromatic nitrogens is 3. The van der Waals surface area contributed by atoms with Crippen LogP contribution in [0.3, 0.4) is 0 Å². The van der Waals surface area contributed by atoms with Gasteiger partial charge in [-0.2, -0.15) is 4.80 Å². The second-order valence-corrected chi connectivity index (χ2v) is 13.6. The number of hydrogen-bond acceptors (Lipinski definition) is 4. The van der Waals surface area contributed by atoms with Crippen molar-refractivity contribution >= 4 is 82.4 Å². The number of nitrogens with zero attached hydrogens (tertiary/aromatic N) is 4. The summed E-state index contributed by atoms with van der Waals surface area (Å²) in [5, 5.41) is 19.0. The van der Waals surface area contributed by atoms with Crippen molar-refractivity contribution in [1.29, 1.82) is 0 Å². The van der Waals surface area contributed by atoms with Crippen LogP contribution in [0.1, 0.15) is 0 Å². The standard InChI is InChI=1S/C48H30N4O/c1-2-10-38(11-3-1)52-49-44-27-20-33-14-15-36-28-35(19-25-41(36)47(33)48(44)50-52)32-16-21-37(22-17-32)51(39-23-18-31-8-4-5-9-34(31)29-39)40-24-26-43-42-12-6-7-13-45(42)53-46(43)30-40/h1-30H. The third-order valence-corrected chi connectivity index (χ3v) is 10.4. The minimum absolute atomic E-state index is 0.870. The van der Waals surface area contributed by atoms with Gasteiger partial charge < -0.3 is 9.32 Å². The van der Waals surface area contributed by atoms with E-state index in [1.54, 1.807) is 4.80 Å². The summed E-state index contributed by atoms with van der Waals surface area (Å²) in [6.07, 6.45) is 0. The van der Waals surface area contributed by atoms with Crippen molar-refractivity contribution in [1.82, 2.24) is 15.0 Å². The number of hydrogen-bond donors (Lipinski definition) is 0. The monoisotopic (exact) mass is 678 g/mol. The quantitative estimate of drug-likeness (QED) is 0.170. The normalized spacial score (nSPS) is 11.8. The van der Waals surface area contributed by atoms with Crippen LogP contribution >= 0.6 is 0 Å². The fourth-order valence-electron chi connectivity index (χ4n) is 7.80. The van der Waals surface area contributed by atoms with Crippen LogP contribution < -0.4 is 4.90 Å². The minimum Gasteiger partial charge on any atom is -0.456 e. The van der Waals surface area contributed by atoms with Gasteiger partial charge in [0.1, 0.15) is 22.2 Å². The molecule has 53 heavy (non-hydrogen) atoms. The van der Waals surface area contributed by atoms with E-state index in [4.69, 9.17) is 14.6 Å². The maximum absolute atomic E-state index is 6.33. The Kier molecular flexibility index (Phi) is 6.48. The van der Waals surface area contributed by atoms with Crippen molar-refractivity contribution < 1.29 is 4.42 Å². The smallest absolute Gasteiger partial charge is 0.137 e. The van der Waals surface area contributed by atoms with Gasteiger partial charge in [-0.15, -0.1) is 10.2 Å². The number of fused-ring (bicyclic) bond motifs is 9. The highest BCUT2D eigenvalue weighted by Crippen LogP contribution is 2.40. The lowest BCUT2D eigenvalue weighted by Crippen LogP contribution is -2.09. The van der Waals surface area contributed by atoms with E-state index in [0.717, 1.165) is 88.4 Å². The summed E-state index contributed by atoms with van der Waals surface area (Å²) in [6, 6.07) is 64.1. The van der Waals surface area contributed by atoms with Crippen LogP contribution in [0.2, 0.25) is 0 Å². The van der Waals surface area contributed by atoms with Crippen molar-refractivity contribution in [2.24, 2.45) is 0 Å². The molecule has 2 aromatic heterocycles. The number of anilines is 3. The van der Waals surface area contributed by atoms with Crippen molar-refractivity contribution in [3.05, 3.63) is 182 Å². The molecule has 0 aliphatic carbocycles. The van der Waals surface area contributed by atoms with Crippen LogP contribution in [0.15, 0.2) is 186 Å². The molecule has 0 bridgehead atoms. The second kappa shape index (κ2) is 11.7. The minimum atomic E-state index is 0.870. The average Bonchev–Trinajstić information content (AvgIpc) is 3.83. The molecule has 5 nitrogen and oxygen atoms in total. The molecule has 0 N–H and O–H groups in total. The fourth-order valence-corrected chi connectivity index (χ4v) is 7.80. The summed E-state index contributed by atoms with van der Waals surface area (Å²) in [5.41, 5.74) is 9.98. The highest BCUT2D eigenvalue weighted by Gasteiger charge is 2.17. The fraction of sp³-hybridized carbons (Fsp3) is 0. The molecule has 0 amide bonds. The van der Waals surface area contributed by atoms with Gasteiger partial charge >= 0.3 is 0 Å². The van der Waals surface area contributed by atoms with Gasteiger partial charge in [-0.25, -0.2) is 0 Å². The van der Waals surface area contributed by atoms with Gasteiger partial charge in [-0.1, -0.05) is 109 Å². The lowest BCUT2D eigenvalue weighted by atomic mass is 9.96. The summed E-state index contributed by atoms with van der Waals surface area (Å²) in [7, 11) is 0. The van der Waals surface area contributed by atoms with Crippen molar-refractivity contribution in [3.8, 4) is 16.8 Å². The lowest BCUT2D eigenvalue weighted by Gasteiger charge is -2.26. The first-order valence-electron chi connectivity index (χ1n) is 17.8. The lowest BCUT2D eigenvalue weighted by molar-refractivity contribution is 0.669. The predicted molar refractivity (Wildman–Crippen MR) is 219 cm³/mol. The topological polar surface area (TPSA) is 47.1 Å². The highest BCUT2D eigenvalue weighted by atomic mass is 16.3. The first-order valence-corrected chi connectivity index (χ1v) is 17.8. The Morgan fingerprint density at radius 3 is 1.98 bits per heavy atom. The molecule has 0 atom stereocenters. The van der Waals surface area contributed by atoms with E-state index in [2.05, 4.69) is 144 Å². The van der Waals surface area contributed by atoms with Gasteiger partial charge in [0.2, 0.25) is 0 Å². The Labute approximate surface area is 304 Å². The van der Waals surface area contributed by atoms with Crippen LogP contribution in [0.4, 0.5) is 17.1 Å². The molecule has 248 valence electrons. The first-order chi connectivity index (χ1) is 26.2. The third kappa shape index (κ3) is 4.86. The second-order valence-electron chi connectivity index (χ2n) is 13.6. The van der Waals surface area contributed by atoms with Crippen LogP contribution in [0.25, 0.3) is 82.1 Å². The maximum Gasteiger partial charge on any atom is 0.137 e. The molecule has 11 aromatic rings. The molecule has 2 heterocycles. The predicted octanol–water partition coefficient (Wildman–Crippen LogP) is 12.9. The van der Waals surface area contributed by atoms with E-state index in [1.165, 1.54) is 10.8 Å². The number of benzene rings is 9. The number of rotatable bonds is 5. The van der Waals surface area contributed by atoms with Crippen molar-refractivity contribution in [3.63, 3.8) is 0 Å². The average molecular weight is 679 g/mol. The zero-order chi connectivity index (χ0) is 34.9. The molecular formula is C48H30N4O. The van der Waals surface area contributed by atoms with Crippen LogP contribution in [-0.2, 0) is 0 Å². The van der Waals surface area contributed by atoms with Gasteiger partial charge in [-0.05, 0) is 105 Å². The summed E-state index contributed by atoms with van der Waals surface area (Å²) < 4.78 is 6.33. The van der Waals surface area contributed by atoms with Gasteiger partial charge in [0, 0.05) is 39.3 Å². The molecule has 9 aromatic carbocycles. The van der Waals surface area contributed by atoms with Gasteiger partial charge in [0.25, 0.3) is 0 Å². The molecule has 0 aliphatic rings. The van der Waals surface area contributed by atoms with E-state index < -0.39 is 0 Å². The Bertz CT molecular complexity index is 3180. The molecule has 0 aliphatic heterocycles.